The van der Waals surface area contributed by atoms with E-state index in [4.69, 9.17) is 0 Å². The number of hydrogen-bond donors (Lipinski definition) is 0. The van der Waals surface area contributed by atoms with Crippen LogP contribution >= 0.6 is 0 Å². The molecular weight excluding hydrogens is 192 g/mol. The zero-order valence-corrected chi connectivity index (χ0v) is 11.7. The van der Waals surface area contributed by atoms with Gasteiger partial charge >= 0.3 is 0 Å². The maximum Gasteiger partial charge on any atom is -0.0146 e. The molecule has 2 rings (SSSR count). The van der Waals surface area contributed by atoms with Crippen LogP contribution in [0, 0.1) is 29.1 Å². The Labute approximate surface area is 102 Å². The van der Waals surface area contributed by atoms with E-state index in [1.807, 2.05) is 0 Å². The zero-order valence-electron chi connectivity index (χ0n) is 11.7. The van der Waals surface area contributed by atoms with Gasteiger partial charge in [0.1, 0.15) is 0 Å². The molecule has 0 N–H and O–H groups in total. The van der Waals surface area contributed by atoms with Crippen LogP contribution < -0.4 is 0 Å². The Kier molecular flexibility index (Phi) is 3.20. The molecule has 0 aromatic carbocycles. The molecule has 2 aliphatic carbocycles. The van der Waals surface area contributed by atoms with Crippen LogP contribution in [0.15, 0.2) is 11.6 Å². The van der Waals surface area contributed by atoms with Gasteiger partial charge in [0, 0.05) is 0 Å². The van der Waals surface area contributed by atoms with Crippen LogP contribution in [0.1, 0.15) is 60.3 Å². The van der Waals surface area contributed by atoms with Gasteiger partial charge in [-0.1, -0.05) is 52.2 Å². The van der Waals surface area contributed by atoms with E-state index in [9.17, 15) is 0 Å². The van der Waals surface area contributed by atoms with Gasteiger partial charge in [-0.05, 0) is 48.9 Å². The summed E-state index contributed by atoms with van der Waals surface area (Å²) in [6.07, 6.45) is 8.21. The van der Waals surface area contributed by atoms with E-state index in [1.54, 1.807) is 5.57 Å². The number of hydrogen-bond acceptors (Lipinski definition) is 0. The zero-order chi connectivity index (χ0) is 11.9. The van der Waals surface area contributed by atoms with Gasteiger partial charge in [-0.15, -0.1) is 0 Å². The molecule has 3 unspecified atom stereocenters. The summed E-state index contributed by atoms with van der Waals surface area (Å²) in [6, 6.07) is 0. The van der Waals surface area contributed by atoms with Crippen molar-refractivity contribution in [1.29, 1.82) is 0 Å². The van der Waals surface area contributed by atoms with Gasteiger partial charge < -0.3 is 0 Å². The highest BCUT2D eigenvalue weighted by molar-refractivity contribution is 5.16. The Balaban J connectivity index is 2.29. The van der Waals surface area contributed by atoms with Crippen molar-refractivity contribution in [3.8, 4) is 0 Å². The smallest absolute Gasteiger partial charge is 0.0146 e. The first kappa shape index (κ1) is 12.2. The highest BCUT2D eigenvalue weighted by Crippen LogP contribution is 2.59. The van der Waals surface area contributed by atoms with Crippen molar-refractivity contribution in [3.05, 3.63) is 11.6 Å². The third-order valence-electron chi connectivity index (χ3n) is 5.64. The van der Waals surface area contributed by atoms with Crippen LogP contribution in [0.4, 0.5) is 0 Å². The first-order valence-corrected chi connectivity index (χ1v) is 7.15. The fourth-order valence-corrected chi connectivity index (χ4v) is 4.36. The molecule has 0 heteroatoms. The second kappa shape index (κ2) is 4.20. The van der Waals surface area contributed by atoms with E-state index in [-0.39, 0.29) is 0 Å². The van der Waals surface area contributed by atoms with Crippen LogP contribution in [-0.4, -0.2) is 0 Å². The summed E-state index contributed by atoms with van der Waals surface area (Å²) in [5, 5.41) is 0. The van der Waals surface area contributed by atoms with Gasteiger partial charge in [-0.2, -0.15) is 0 Å². The Morgan fingerprint density at radius 3 is 2.69 bits per heavy atom. The minimum absolute atomic E-state index is 0.520. The largest absolute Gasteiger partial charge is 0.0817 e. The van der Waals surface area contributed by atoms with Gasteiger partial charge in [-0.3, -0.25) is 0 Å². The standard InChI is InChI=1S/C16H28/c1-6-7-13-12(3)16(4,5)15-10-11(2)8-9-14(13)15/h10,12-15H,6-9H2,1-5H3/t12-,13?,14?,15?/m0/s1. The van der Waals surface area contributed by atoms with E-state index in [0.717, 1.165) is 23.7 Å². The summed E-state index contributed by atoms with van der Waals surface area (Å²) in [5.41, 5.74) is 2.16. The molecule has 0 spiro atoms. The molecule has 92 valence electrons. The summed E-state index contributed by atoms with van der Waals surface area (Å²) < 4.78 is 0. The van der Waals surface area contributed by atoms with Gasteiger partial charge in [-0.25, -0.2) is 0 Å². The molecular formula is C16H28. The Morgan fingerprint density at radius 2 is 2.06 bits per heavy atom. The summed E-state index contributed by atoms with van der Waals surface area (Å²) in [6.45, 7) is 12.2. The first-order chi connectivity index (χ1) is 7.48. The molecule has 1 saturated carbocycles. The van der Waals surface area contributed by atoms with E-state index in [2.05, 4.69) is 40.7 Å². The molecule has 2 aliphatic rings. The van der Waals surface area contributed by atoms with Gasteiger partial charge in [0.15, 0.2) is 0 Å². The number of rotatable bonds is 2. The highest BCUT2D eigenvalue weighted by Gasteiger charge is 2.51. The SMILES string of the molecule is CCCC1C2CCC(C)=CC2C(C)(C)[C@H]1C. The third kappa shape index (κ3) is 1.75. The normalized spacial score (nSPS) is 41.7. The molecule has 0 saturated heterocycles. The monoisotopic (exact) mass is 220 g/mol. The second-order valence-corrected chi connectivity index (χ2v) is 6.80. The summed E-state index contributed by atoms with van der Waals surface area (Å²) in [5.74, 6) is 3.71. The van der Waals surface area contributed by atoms with Crippen molar-refractivity contribution < 1.29 is 0 Å². The maximum atomic E-state index is 2.61. The predicted molar refractivity (Wildman–Crippen MR) is 71.3 cm³/mol. The van der Waals surface area contributed by atoms with Crippen LogP contribution in [-0.2, 0) is 0 Å². The van der Waals surface area contributed by atoms with E-state index in [0.29, 0.717) is 5.41 Å². The van der Waals surface area contributed by atoms with E-state index in [1.165, 1.54) is 25.7 Å². The lowest BCUT2D eigenvalue weighted by Crippen LogP contribution is -2.26. The van der Waals surface area contributed by atoms with Crippen molar-refractivity contribution in [2.24, 2.45) is 29.1 Å². The predicted octanol–water partition coefficient (Wildman–Crippen LogP) is 5.05. The molecule has 1 fully saturated rings. The van der Waals surface area contributed by atoms with Crippen molar-refractivity contribution in [2.45, 2.75) is 60.3 Å². The van der Waals surface area contributed by atoms with E-state index < -0.39 is 0 Å². The minimum Gasteiger partial charge on any atom is -0.0817 e. The topological polar surface area (TPSA) is 0 Å². The molecule has 0 aliphatic heterocycles. The molecule has 0 radical (unpaired) electrons. The second-order valence-electron chi connectivity index (χ2n) is 6.80. The number of fused-ring (bicyclic) bond motifs is 1. The Hall–Kier alpha value is -0.260. The highest BCUT2D eigenvalue weighted by atomic mass is 14.6. The lowest BCUT2D eigenvalue weighted by atomic mass is 9.71. The molecule has 16 heavy (non-hydrogen) atoms. The minimum atomic E-state index is 0.520. The molecule has 0 bridgehead atoms. The van der Waals surface area contributed by atoms with Gasteiger partial charge in [0.25, 0.3) is 0 Å². The van der Waals surface area contributed by atoms with Gasteiger partial charge in [0.05, 0.1) is 0 Å². The average Bonchev–Trinajstić information content (AvgIpc) is 2.41. The summed E-state index contributed by atoms with van der Waals surface area (Å²) >= 11 is 0. The van der Waals surface area contributed by atoms with Crippen molar-refractivity contribution in [1.82, 2.24) is 0 Å². The Bertz CT molecular complexity index is 284. The molecule has 0 aromatic heterocycles. The van der Waals surface area contributed by atoms with Crippen molar-refractivity contribution in [3.63, 3.8) is 0 Å². The van der Waals surface area contributed by atoms with Crippen LogP contribution in [0.2, 0.25) is 0 Å². The third-order valence-corrected chi connectivity index (χ3v) is 5.64. The Morgan fingerprint density at radius 1 is 1.38 bits per heavy atom. The quantitative estimate of drug-likeness (QED) is 0.571. The molecule has 0 nitrogen and oxygen atoms in total. The van der Waals surface area contributed by atoms with Crippen LogP contribution in [0.25, 0.3) is 0 Å². The fraction of sp³-hybridized carbons (Fsp3) is 0.875. The van der Waals surface area contributed by atoms with Crippen molar-refractivity contribution in [2.75, 3.05) is 0 Å². The average molecular weight is 220 g/mol. The summed E-state index contributed by atoms with van der Waals surface area (Å²) in [7, 11) is 0. The van der Waals surface area contributed by atoms with Crippen LogP contribution in [0.5, 0.6) is 0 Å². The van der Waals surface area contributed by atoms with Crippen molar-refractivity contribution >= 4 is 0 Å². The van der Waals surface area contributed by atoms with E-state index >= 15 is 0 Å². The molecule has 0 aromatic rings. The summed E-state index contributed by atoms with van der Waals surface area (Å²) in [4.78, 5) is 0. The fourth-order valence-electron chi connectivity index (χ4n) is 4.36. The number of allylic oxidation sites excluding steroid dienone is 2. The molecule has 0 amide bonds. The lowest BCUT2D eigenvalue weighted by Gasteiger charge is -2.33. The maximum absolute atomic E-state index is 2.61. The first-order valence-electron chi connectivity index (χ1n) is 7.15. The van der Waals surface area contributed by atoms with Gasteiger partial charge in [0.2, 0.25) is 0 Å². The lowest BCUT2D eigenvalue weighted by molar-refractivity contribution is 0.202. The molecule has 0 heterocycles. The molecule has 4 atom stereocenters. The van der Waals surface area contributed by atoms with Crippen LogP contribution in [0.3, 0.4) is 0 Å².